The van der Waals surface area contributed by atoms with Gasteiger partial charge in [0, 0.05) is 34.6 Å². The van der Waals surface area contributed by atoms with Crippen molar-refractivity contribution in [2.45, 2.75) is 76.8 Å². The molecule has 10 heteroatoms. The molecular formula is C25H36N4O4S2. The van der Waals surface area contributed by atoms with Crippen LogP contribution in [0.4, 0.5) is 5.00 Å². The summed E-state index contributed by atoms with van der Waals surface area (Å²) in [6.07, 6.45) is 2.04. The second kappa shape index (κ2) is 10.0. The second-order valence-electron chi connectivity index (χ2n) is 10.2. The Morgan fingerprint density at radius 2 is 1.66 bits per heavy atom. The van der Waals surface area contributed by atoms with E-state index in [1.165, 1.54) is 39.9 Å². The van der Waals surface area contributed by atoms with E-state index in [4.69, 9.17) is 5.73 Å². The molecule has 0 unspecified atom stereocenters. The van der Waals surface area contributed by atoms with E-state index in [9.17, 15) is 18.0 Å². The number of nitrogens with two attached hydrogens (primary N) is 1. The molecule has 1 aliphatic heterocycles. The summed E-state index contributed by atoms with van der Waals surface area (Å²) in [7, 11) is -3.64. The zero-order chi connectivity index (χ0) is 26.2. The quantitative estimate of drug-likeness (QED) is 0.460. The summed E-state index contributed by atoms with van der Waals surface area (Å²) < 4.78 is 27.5. The molecular weight excluding hydrogens is 484 g/mol. The summed E-state index contributed by atoms with van der Waals surface area (Å²) in [5.74, 6) is -1.02. The van der Waals surface area contributed by atoms with Crippen molar-refractivity contribution in [3.63, 3.8) is 0 Å². The van der Waals surface area contributed by atoms with E-state index in [1.807, 2.05) is 27.7 Å². The number of anilines is 1. The van der Waals surface area contributed by atoms with Crippen LogP contribution in [-0.2, 0) is 22.0 Å². The van der Waals surface area contributed by atoms with Crippen LogP contribution in [0.5, 0.6) is 0 Å². The summed E-state index contributed by atoms with van der Waals surface area (Å²) in [4.78, 5) is 26.6. The topological polar surface area (TPSA) is 122 Å². The molecule has 0 radical (unpaired) electrons. The van der Waals surface area contributed by atoms with Crippen LogP contribution in [0.25, 0.3) is 0 Å². The highest BCUT2D eigenvalue weighted by molar-refractivity contribution is 7.89. The monoisotopic (exact) mass is 520 g/mol. The summed E-state index contributed by atoms with van der Waals surface area (Å²) in [5.41, 5.74) is 6.60. The van der Waals surface area contributed by atoms with E-state index < -0.39 is 27.4 Å². The van der Waals surface area contributed by atoms with Crippen LogP contribution in [0.3, 0.4) is 0 Å². The van der Waals surface area contributed by atoms with E-state index in [1.54, 1.807) is 0 Å². The zero-order valence-electron chi connectivity index (χ0n) is 21.3. The highest BCUT2D eigenvalue weighted by Crippen LogP contribution is 2.45. The van der Waals surface area contributed by atoms with Crippen molar-refractivity contribution in [1.82, 2.24) is 9.62 Å². The van der Waals surface area contributed by atoms with Gasteiger partial charge >= 0.3 is 0 Å². The second-order valence-corrected chi connectivity index (χ2v) is 13.1. The Labute approximate surface area is 212 Å². The fraction of sp³-hybridized carbons (Fsp3) is 0.520. The lowest BCUT2D eigenvalue weighted by atomic mass is 9.81. The molecule has 8 nitrogen and oxygen atoms in total. The van der Waals surface area contributed by atoms with Crippen molar-refractivity contribution in [3.8, 4) is 0 Å². The van der Waals surface area contributed by atoms with Crippen molar-refractivity contribution >= 4 is 38.2 Å². The smallest absolute Gasteiger partial charge is 0.256 e. The molecule has 0 saturated carbocycles. The molecule has 2 aromatic rings. The lowest BCUT2D eigenvalue weighted by Crippen LogP contribution is -2.55. The summed E-state index contributed by atoms with van der Waals surface area (Å²) >= 11 is 1.35. The van der Waals surface area contributed by atoms with Gasteiger partial charge in [0.05, 0.1) is 10.5 Å². The summed E-state index contributed by atoms with van der Waals surface area (Å²) in [5, 5.41) is 6.84. The van der Waals surface area contributed by atoms with Gasteiger partial charge in [-0.1, -0.05) is 13.8 Å². The third-order valence-electron chi connectivity index (χ3n) is 6.02. The molecule has 35 heavy (non-hydrogen) atoms. The number of nitrogens with zero attached hydrogens (tertiary/aromatic N) is 1. The standard InChI is InChI=1S/C25H36N4O4S2/c1-7-13-29(14-8-2)35(32,33)17-11-9-16(10-12-17)22(31)27-23-19(21(26)30)18-15-24(3,4)28-25(5,6)20(18)34-23/h9-12,28H,7-8,13-15H2,1-6H3,(H2,26,30)(H,27,31). The van der Waals surface area contributed by atoms with Gasteiger partial charge in [-0.15, -0.1) is 11.3 Å². The number of carbonyl (C=O) groups excluding carboxylic acids is 2. The van der Waals surface area contributed by atoms with E-state index in [-0.39, 0.29) is 10.4 Å². The molecule has 1 aliphatic rings. The van der Waals surface area contributed by atoms with Crippen molar-refractivity contribution < 1.29 is 18.0 Å². The van der Waals surface area contributed by atoms with Crippen molar-refractivity contribution in [1.29, 1.82) is 0 Å². The number of thiophene rings is 1. The number of hydrogen-bond acceptors (Lipinski definition) is 6. The minimum Gasteiger partial charge on any atom is -0.365 e. The van der Waals surface area contributed by atoms with Gasteiger partial charge in [0.15, 0.2) is 0 Å². The number of carbonyl (C=O) groups is 2. The molecule has 0 aliphatic carbocycles. The Bertz CT molecular complexity index is 1210. The average molecular weight is 521 g/mol. The van der Waals surface area contributed by atoms with Gasteiger partial charge in [-0.05, 0) is 76.8 Å². The van der Waals surface area contributed by atoms with Gasteiger partial charge in [-0.25, -0.2) is 8.42 Å². The molecule has 3 rings (SSSR count). The van der Waals surface area contributed by atoms with Gasteiger partial charge in [-0.3, -0.25) is 9.59 Å². The minimum atomic E-state index is -3.64. The van der Waals surface area contributed by atoms with E-state index in [0.717, 1.165) is 23.3 Å². The minimum absolute atomic E-state index is 0.149. The summed E-state index contributed by atoms with van der Waals surface area (Å²) in [6, 6.07) is 5.88. The van der Waals surface area contributed by atoms with Gasteiger partial charge in [0.25, 0.3) is 11.8 Å². The largest absolute Gasteiger partial charge is 0.365 e. The molecule has 2 heterocycles. The van der Waals surface area contributed by atoms with Crippen LogP contribution in [0.15, 0.2) is 29.2 Å². The first-order chi connectivity index (χ1) is 16.2. The Morgan fingerprint density at radius 3 is 2.17 bits per heavy atom. The molecule has 2 amide bonds. The van der Waals surface area contributed by atoms with Crippen molar-refractivity contribution in [2.24, 2.45) is 5.73 Å². The van der Waals surface area contributed by atoms with Gasteiger partial charge in [0.2, 0.25) is 10.0 Å². The number of hydrogen-bond donors (Lipinski definition) is 3. The number of sulfonamides is 1. The molecule has 0 bridgehead atoms. The lowest BCUT2D eigenvalue weighted by molar-refractivity contribution is 0.0999. The number of nitrogens with one attached hydrogen (secondary N) is 2. The van der Waals surface area contributed by atoms with Crippen LogP contribution in [0.2, 0.25) is 0 Å². The number of fused-ring (bicyclic) bond motifs is 1. The van der Waals surface area contributed by atoms with E-state index >= 15 is 0 Å². The van der Waals surface area contributed by atoms with E-state index in [0.29, 0.717) is 35.6 Å². The lowest BCUT2D eigenvalue weighted by Gasteiger charge is -2.42. The molecule has 0 atom stereocenters. The first-order valence-electron chi connectivity index (χ1n) is 11.9. The normalized spacial score (nSPS) is 16.7. The van der Waals surface area contributed by atoms with Crippen molar-refractivity contribution in [2.75, 3.05) is 18.4 Å². The number of rotatable bonds is 9. The Morgan fingerprint density at radius 1 is 1.09 bits per heavy atom. The maximum atomic E-state index is 13.1. The third kappa shape index (κ3) is 5.61. The van der Waals surface area contributed by atoms with Crippen molar-refractivity contribution in [3.05, 3.63) is 45.8 Å². The SMILES string of the molecule is CCCN(CCC)S(=O)(=O)c1ccc(C(=O)Nc2sc3c(c2C(N)=O)CC(C)(C)NC3(C)C)cc1. The highest BCUT2D eigenvalue weighted by Gasteiger charge is 2.41. The van der Waals surface area contributed by atoms with Crippen LogP contribution in [-0.4, -0.2) is 43.2 Å². The number of benzene rings is 1. The van der Waals surface area contributed by atoms with Gasteiger partial charge in [0.1, 0.15) is 5.00 Å². The summed E-state index contributed by atoms with van der Waals surface area (Å²) in [6.45, 7) is 13.0. The Hall–Kier alpha value is -2.27. The van der Waals surface area contributed by atoms with E-state index in [2.05, 4.69) is 24.5 Å². The molecule has 1 aromatic heterocycles. The Balaban J connectivity index is 1.90. The molecule has 0 spiro atoms. The Kier molecular flexibility index (Phi) is 7.81. The third-order valence-corrected chi connectivity index (χ3v) is 9.40. The highest BCUT2D eigenvalue weighted by atomic mass is 32.2. The zero-order valence-corrected chi connectivity index (χ0v) is 23.0. The van der Waals surface area contributed by atoms with Gasteiger partial charge < -0.3 is 16.4 Å². The van der Waals surface area contributed by atoms with Crippen LogP contribution in [0.1, 0.15) is 85.5 Å². The molecule has 192 valence electrons. The van der Waals surface area contributed by atoms with Gasteiger partial charge in [-0.2, -0.15) is 4.31 Å². The molecule has 1 aromatic carbocycles. The average Bonchev–Trinajstić information content (AvgIpc) is 3.10. The predicted molar refractivity (Wildman–Crippen MR) is 141 cm³/mol. The number of primary amides is 1. The molecule has 4 N–H and O–H groups in total. The first kappa shape index (κ1) is 27.3. The van der Waals surface area contributed by atoms with Crippen LogP contribution in [0, 0.1) is 0 Å². The van der Waals surface area contributed by atoms with Crippen LogP contribution < -0.4 is 16.4 Å². The maximum absolute atomic E-state index is 13.1. The fourth-order valence-electron chi connectivity index (χ4n) is 4.83. The molecule has 0 saturated heterocycles. The molecule has 0 fully saturated rings. The number of amides is 2. The van der Waals surface area contributed by atoms with Crippen LogP contribution >= 0.6 is 11.3 Å². The first-order valence-corrected chi connectivity index (χ1v) is 14.2. The maximum Gasteiger partial charge on any atom is 0.256 e. The fourth-order valence-corrected chi connectivity index (χ4v) is 7.73. The predicted octanol–water partition coefficient (Wildman–Crippen LogP) is 4.07.